The van der Waals surface area contributed by atoms with Gasteiger partial charge in [-0.2, -0.15) is 0 Å². The van der Waals surface area contributed by atoms with Crippen molar-refractivity contribution < 1.29 is 0 Å². The molecule has 0 saturated carbocycles. The summed E-state index contributed by atoms with van der Waals surface area (Å²) in [4.78, 5) is 0. The molecule has 2 atom stereocenters. The number of hydrogen-bond acceptors (Lipinski definition) is 4. The van der Waals surface area contributed by atoms with Crippen molar-refractivity contribution in [2.45, 2.75) is 25.4 Å². The highest BCUT2D eigenvalue weighted by molar-refractivity contribution is 5.30. The van der Waals surface area contributed by atoms with Gasteiger partial charge in [-0.15, -0.1) is 5.10 Å². The van der Waals surface area contributed by atoms with Crippen LogP contribution in [0, 0.1) is 0 Å². The first kappa shape index (κ1) is 12.3. The van der Waals surface area contributed by atoms with E-state index in [9.17, 15) is 0 Å². The van der Waals surface area contributed by atoms with E-state index in [1.165, 1.54) is 6.42 Å². The Morgan fingerprint density at radius 2 is 2.21 bits per heavy atom. The zero-order chi connectivity index (χ0) is 13.1. The molecule has 2 heterocycles. The predicted octanol–water partition coefficient (Wildman–Crippen LogP) is 1.28. The minimum absolute atomic E-state index is 0.224. The molecule has 3 rings (SSSR count). The maximum absolute atomic E-state index is 4.26. The maximum atomic E-state index is 4.26. The smallest absolute Gasteiger partial charge is 0.0998 e. The molecular formula is C14H19N5. The molecule has 0 bridgehead atoms. The van der Waals surface area contributed by atoms with Gasteiger partial charge in [-0.05, 0) is 32.0 Å². The fourth-order valence-corrected chi connectivity index (χ4v) is 2.42. The van der Waals surface area contributed by atoms with Gasteiger partial charge in [-0.25, -0.2) is 4.68 Å². The molecule has 1 saturated heterocycles. The molecule has 2 unspecified atom stereocenters. The van der Waals surface area contributed by atoms with Gasteiger partial charge in [0.25, 0.3) is 0 Å². The van der Waals surface area contributed by atoms with E-state index >= 15 is 0 Å². The van der Waals surface area contributed by atoms with Gasteiger partial charge in [0.1, 0.15) is 0 Å². The highest BCUT2D eigenvalue weighted by Crippen LogP contribution is 2.13. The molecular weight excluding hydrogens is 238 g/mol. The number of hydrogen-bond donors (Lipinski definition) is 2. The van der Waals surface area contributed by atoms with Gasteiger partial charge >= 0.3 is 0 Å². The summed E-state index contributed by atoms with van der Waals surface area (Å²) < 4.78 is 1.82. The molecule has 0 aliphatic carbocycles. The van der Waals surface area contributed by atoms with Crippen LogP contribution in [0.5, 0.6) is 0 Å². The Labute approximate surface area is 113 Å². The molecule has 1 aliphatic rings. The lowest BCUT2D eigenvalue weighted by molar-refractivity contribution is 0.470. The summed E-state index contributed by atoms with van der Waals surface area (Å²) >= 11 is 0. The average Bonchev–Trinajstić information content (AvgIpc) is 3.10. The molecule has 100 valence electrons. The zero-order valence-electron chi connectivity index (χ0n) is 11.1. The zero-order valence-corrected chi connectivity index (χ0v) is 11.1. The summed E-state index contributed by atoms with van der Waals surface area (Å²) in [5, 5.41) is 15.4. The molecule has 2 N–H and O–H groups in total. The quantitative estimate of drug-likeness (QED) is 0.866. The predicted molar refractivity (Wildman–Crippen MR) is 74.2 cm³/mol. The first-order valence-corrected chi connectivity index (χ1v) is 6.77. The minimum atomic E-state index is 0.224. The molecule has 0 amide bonds. The summed E-state index contributed by atoms with van der Waals surface area (Å²) in [7, 11) is 0. The van der Waals surface area contributed by atoms with Crippen molar-refractivity contribution in [2.24, 2.45) is 0 Å². The number of aromatic nitrogens is 3. The molecule has 1 aromatic carbocycles. The van der Waals surface area contributed by atoms with Gasteiger partial charge < -0.3 is 10.6 Å². The molecule has 1 aliphatic heterocycles. The van der Waals surface area contributed by atoms with Crippen molar-refractivity contribution in [1.29, 1.82) is 0 Å². The van der Waals surface area contributed by atoms with Crippen molar-refractivity contribution in [3.63, 3.8) is 0 Å². The third kappa shape index (κ3) is 2.83. The number of rotatable bonds is 4. The molecule has 1 fully saturated rings. The van der Waals surface area contributed by atoms with Crippen molar-refractivity contribution >= 4 is 0 Å². The van der Waals surface area contributed by atoms with E-state index in [1.807, 2.05) is 41.2 Å². The third-order valence-corrected chi connectivity index (χ3v) is 3.52. The SMILES string of the molecule is CC(NC1CCNC1)c1cn(-c2ccccc2)nn1. The Balaban J connectivity index is 1.70. The molecule has 5 heteroatoms. The van der Waals surface area contributed by atoms with E-state index < -0.39 is 0 Å². The Hall–Kier alpha value is -1.72. The number of para-hydroxylation sites is 1. The average molecular weight is 257 g/mol. The fraction of sp³-hybridized carbons (Fsp3) is 0.429. The van der Waals surface area contributed by atoms with Crippen LogP contribution in [0.4, 0.5) is 0 Å². The van der Waals surface area contributed by atoms with Crippen LogP contribution >= 0.6 is 0 Å². The van der Waals surface area contributed by atoms with Crippen molar-refractivity contribution in [1.82, 2.24) is 25.6 Å². The summed E-state index contributed by atoms with van der Waals surface area (Å²) in [5.74, 6) is 0. The van der Waals surface area contributed by atoms with Crippen molar-refractivity contribution in [3.05, 3.63) is 42.2 Å². The van der Waals surface area contributed by atoms with E-state index in [4.69, 9.17) is 0 Å². The van der Waals surface area contributed by atoms with E-state index in [0.29, 0.717) is 6.04 Å². The largest absolute Gasteiger partial charge is 0.315 e. The Morgan fingerprint density at radius 1 is 1.37 bits per heavy atom. The minimum Gasteiger partial charge on any atom is -0.315 e. The maximum Gasteiger partial charge on any atom is 0.0998 e. The van der Waals surface area contributed by atoms with Gasteiger partial charge in [0.2, 0.25) is 0 Å². The van der Waals surface area contributed by atoms with Crippen LogP contribution in [0.25, 0.3) is 5.69 Å². The Morgan fingerprint density at radius 3 is 2.95 bits per heavy atom. The van der Waals surface area contributed by atoms with Gasteiger partial charge in [0, 0.05) is 12.6 Å². The van der Waals surface area contributed by atoms with Gasteiger partial charge in [0.05, 0.1) is 23.6 Å². The van der Waals surface area contributed by atoms with Crippen molar-refractivity contribution in [3.8, 4) is 5.69 Å². The highest BCUT2D eigenvalue weighted by Gasteiger charge is 2.18. The molecule has 0 radical (unpaired) electrons. The summed E-state index contributed by atoms with van der Waals surface area (Å²) in [5.41, 5.74) is 2.02. The van der Waals surface area contributed by atoms with Gasteiger partial charge in [-0.1, -0.05) is 23.4 Å². The second kappa shape index (κ2) is 5.50. The number of nitrogens with one attached hydrogen (secondary N) is 2. The Bertz CT molecular complexity index is 516. The standard InChI is InChI=1S/C14H19N5/c1-11(16-12-7-8-15-9-12)14-10-19(18-17-14)13-5-3-2-4-6-13/h2-6,10-12,15-16H,7-9H2,1H3. The highest BCUT2D eigenvalue weighted by atomic mass is 15.4. The first-order chi connectivity index (χ1) is 9.33. The monoisotopic (exact) mass is 257 g/mol. The van der Waals surface area contributed by atoms with Crippen LogP contribution in [0.3, 0.4) is 0 Å². The third-order valence-electron chi connectivity index (χ3n) is 3.52. The van der Waals surface area contributed by atoms with Crippen molar-refractivity contribution in [2.75, 3.05) is 13.1 Å². The van der Waals surface area contributed by atoms with Crippen LogP contribution in [-0.4, -0.2) is 34.1 Å². The second-order valence-electron chi connectivity index (χ2n) is 5.00. The topological polar surface area (TPSA) is 54.8 Å². The normalized spacial score (nSPS) is 20.6. The fourth-order valence-electron chi connectivity index (χ4n) is 2.42. The first-order valence-electron chi connectivity index (χ1n) is 6.77. The molecule has 1 aromatic heterocycles. The molecule has 2 aromatic rings. The number of benzene rings is 1. The van der Waals surface area contributed by atoms with Crippen LogP contribution in [0.15, 0.2) is 36.5 Å². The lowest BCUT2D eigenvalue weighted by Gasteiger charge is -2.16. The van der Waals surface area contributed by atoms with E-state index in [0.717, 1.165) is 24.5 Å². The molecule has 19 heavy (non-hydrogen) atoms. The molecule has 0 spiro atoms. The lowest BCUT2D eigenvalue weighted by atomic mass is 10.2. The van der Waals surface area contributed by atoms with Crippen LogP contribution < -0.4 is 10.6 Å². The summed E-state index contributed by atoms with van der Waals surface area (Å²) in [6.45, 7) is 4.27. The van der Waals surface area contributed by atoms with Crippen LogP contribution in [0.2, 0.25) is 0 Å². The van der Waals surface area contributed by atoms with E-state index in [2.05, 4.69) is 27.9 Å². The van der Waals surface area contributed by atoms with Crippen LogP contribution in [-0.2, 0) is 0 Å². The lowest BCUT2D eigenvalue weighted by Crippen LogP contribution is -2.33. The van der Waals surface area contributed by atoms with Gasteiger partial charge in [-0.3, -0.25) is 0 Å². The summed E-state index contributed by atoms with van der Waals surface area (Å²) in [6, 6.07) is 10.8. The van der Waals surface area contributed by atoms with E-state index in [1.54, 1.807) is 0 Å². The summed E-state index contributed by atoms with van der Waals surface area (Å²) in [6.07, 6.45) is 3.17. The second-order valence-corrected chi connectivity index (χ2v) is 5.00. The van der Waals surface area contributed by atoms with E-state index in [-0.39, 0.29) is 6.04 Å². The van der Waals surface area contributed by atoms with Gasteiger partial charge in [0.15, 0.2) is 0 Å². The Kier molecular flexibility index (Phi) is 3.57. The molecule has 5 nitrogen and oxygen atoms in total. The number of nitrogens with zero attached hydrogens (tertiary/aromatic N) is 3. The van der Waals surface area contributed by atoms with Crippen LogP contribution in [0.1, 0.15) is 25.1 Å².